The van der Waals surface area contributed by atoms with Gasteiger partial charge in [0.25, 0.3) is 0 Å². The minimum atomic E-state index is 0. The number of hydrogen-bond donors (Lipinski definition) is 2. The van der Waals surface area contributed by atoms with Gasteiger partial charge >= 0.3 is 0 Å². The summed E-state index contributed by atoms with van der Waals surface area (Å²) in [7, 11) is 4.73. The van der Waals surface area contributed by atoms with Gasteiger partial charge in [0.2, 0.25) is 11.7 Å². The lowest BCUT2D eigenvalue weighted by molar-refractivity contribution is 0.324. The first-order valence-electron chi connectivity index (χ1n) is 6.66. The van der Waals surface area contributed by atoms with Crippen LogP contribution in [0.15, 0.2) is 22.2 Å². The summed E-state index contributed by atoms with van der Waals surface area (Å²) in [6.07, 6.45) is 2.71. The Balaban J connectivity index is 0.00000242. The maximum absolute atomic E-state index is 5.29. The third-order valence-corrected chi connectivity index (χ3v) is 2.97. The van der Waals surface area contributed by atoms with E-state index in [-0.39, 0.29) is 12.4 Å². The van der Waals surface area contributed by atoms with Crippen molar-refractivity contribution in [3.05, 3.63) is 17.7 Å². The molecule has 2 N–H and O–H groups in total. The standard InChI is InChI=1S/C14H20N4O3.ClH/c1-19-11-7-10(8-12(20-2)13(11)21-3)9-17-18-14-15-5-4-6-16-14;/h7-9H,4-6H2,1-3H3,(H2,15,16,18);1H/b17-9+;. The van der Waals surface area contributed by atoms with Crippen molar-refractivity contribution in [2.75, 3.05) is 34.4 Å². The molecule has 0 bridgehead atoms. The highest BCUT2D eigenvalue weighted by atomic mass is 35.5. The molecule has 0 atom stereocenters. The molecule has 2 rings (SSSR count). The van der Waals surface area contributed by atoms with Crippen LogP contribution in [-0.4, -0.2) is 46.6 Å². The maximum atomic E-state index is 5.29. The first kappa shape index (κ1) is 17.9. The number of aliphatic imine (C=N–C) groups is 1. The lowest BCUT2D eigenvalue weighted by atomic mass is 10.2. The molecule has 0 fully saturated rings. The van der Waals surface area contributed by atoms with E-state index in [2.05, 4.69) is 20.8 Å². The van der Waals surface area contributed by atoms with Crippen LogP contribution in [0.4, 0.5) is 0 Å². The van der Waals surface area contributed by atoms with E-state index in [1.165, 1.54) is 0 Å². The number of benzene rings is 1. The van der Waals surface area contributed by atoms with Gasteiger partial charge in [-0.3, -0.25) is 4.99 Å². The Bertz CT molecular complexity index is 524. The second-order valence-electron chi connectivity index (χ2n) is 4.34. The van der Waals surface area contributed by atoms with Gasteiger partial charge in [0.05, 0.1) is 27.5 Å². The van der Waals surface area contributed by atoms with Crippen molar-refractivity contribution < 1.29 is 14.2 Å². The lowest BCUT2D eigenvalue weighted by Gasteiger charge is -2.13. The van der Waals surface area contributed by atoms with E-state index in [0.717, 1.165) is 25.1 Å². The largest absolute Gasteiger partial charge is 0.493 e. The van der Waals surface area contributed by atoms with Gasteiger partial charge in [-0.2, -0.15) is 5.10 Å². The zero-order valence-corrected chi connectivity index (χ0v) is 13.7. The summed E-state index contributed by atoms with van der Waals surface area (Å²) in [5.74, 6) is 2.42. The van der Waals surface area contributed by atoms with Gasteiger partial charge in [-0.05, 0) is 18.6 Å². The number of guanidine groups is 1. The molecule has 1 heterocycles. The molecule has 22 heavy (non-hydrogen) atoms. The molecule has 0 unspecified atom stereocenters. The number of methoxy groups -OCH3 is 3. The average Bonchev–Trinajstić information content (AvgIpc) is 2.54. The molecule has 7 nitrogen and oxygen atoms in total. The van der Waals surface area contributed by atoms with Gasteiger partial charge in [0.1, 0.15) is 0 Å². The fraction of sp³-hybridized carbons (Fsp3) is 0.429. The van der Waals surface area contributed by atoms with Gasteiger partial charge in [0, 0.05) is 18.7 Å². The van der Waals surface area contributed by atoms with Crippen LogP contribution in [-0.2, 0) is 0 Å². The Morgan fingerprint density at radius 2 is 1.86 bits per heavy atom. The van der Waals surface area contributed by atoms with Crippen LogP contribution < -0.4 is 25.0 Å². The van der Waals surface area contributed by atoms with Crippen molar-refractivity contribution in [3.8, 4) is 17.2 Å². The molecule has 0 aromatic heterocycles. The first-order valence-corrected chi connectivity index (χ1v) is 6.66. The second kappa shape index (κ2) is 8.99. The van der Waals surface area contributed by atoms with Crippen molar-refractivity contribution in [1.82, 2.24) is 10.7 Å². The molecule has 122 valence electrons. The maximum Gasteiger partial charge on any atom is 0.212 e. The van der Waals surface area contributed by atoms with Crippen LogP contribution in [0, 0.1) is 0 Å². The van der Waals surface area contributed by atoms with Crippen molar-refractivity contribution in [3.63, 3.8) is 0 Å². The van der Waals surface area contributed by atoms with E-state index in [0.29, 0.717) is 23.2 Å². The van der Waals surface area contributed by atoms with Gasteiger partial charge in [-0.15, -0.1) is 12.4 Å². The van der Waals surface area contributed by atoms with Crippen molar-refractivity contribution in [2.24, 2.45) is 10.1 Å². The summed E-state index contributed by atoms with van der Waals surface area (Å²) in [5, 5.41) is 7.28. The summed E-state index contributed by atoms with van der Waals surface area (Å²) in [6.45, 7) is 1.72. The fourth-order valence-electron chi connectivity index (χ4n) is 1.95. The Labute approximate surface area is 136 Å². The number of ether oxygens (including phenoxy) is 3. The number of hydrogen-bond acceptors (Lipinski definition) is 7. The minimum Gasteiger partial charge on any atom is -0.493 e. The number of nitrogens with zero attached hydrogens (tertiary/aromatic N) is 2. The number of halogens is 1. The van der Waals surface area contributed by atoms with Crippen LogP contribution in [0.1, 0.15) is 12.0 Å². The van der Waals surface area contributed by atoms with Crippen molar-refractivity contribution in [2.45, 2.75) is 6.42 Å². The molecular weight excluding hydrogens is 308 g/mol. The van der Waals surface area contributed by atoms with Crippen molar-refractivity contribution in [1.29, 1.82) is 0 Å². The third-order valence-electron chi connectivity index (χ3n) is 2.97. The van der Waals surface area contributed by atoms with Gasteiger partial charge < -0.3 is 19.5 Å². The average molecular weight is 329 g/mol. The van der Waals surface area contributed by atoms with Crippen molar-refractivity contribution >= 4 is 24.6 Å². The minimum absolute atomic E-state index is 0. The number of nitrogens with one attached hydrogen (secondary N) is 2. The van der Waals surface area contributed by atoms with E-state index in [1.54, 1.807) is 27.5 Å². The summed E-state index contributed by atoms with van der Waals surface area (Å²) < 4.78 is 15.9. The summed E-state index contributed by atoms with van der Waals surface area (Å²) in [6, 6.07) is 3.64. The lowest BCUT2D eigenvalue weighted by Crippen LogP contribution is -2.38. The summed E-state index contributed by atoms with van der Waals surface area (Å²) in [5.41, 5.74) is 3.70. The molecule has 0 radical (unpaired) electrons. The van der Waals surface area contributed by atoms with E-state index < -0.39 is 0 Å². The zero-order valence-electron chi connectivity index (χ0n) is 12.9. The fourth-order valence-corrected chi connectivity index (χ4v) is 1.95. The topological polar surface area (TPSA) is 76.5 Å². The van der Waals surface area contributed by atoms with Crippen LogP contribution in [0.5, 0.6) is 17.2 Å². The third kappa shape index (κ3) is 4.42. The van der Waals surface area contributed by atoms with Gasteiger partial charge in [-0.1, -0.05) is 0 Å². The first-order chi connectivity index (χ1) is 10.3. The highest BCUT2D eigenvalue weighted by Crippen LogP contribution is 2.37. The summed E-state index contributed by atoms with van der Waals surface area (Å²) in [4.78, 5) is 4.27. The molecule has 1 aromatic rings. The van der Waals surface area contributed by atoms with Gasteiger partial charge in [-0.25, -0.2) is 5.43 Å². The highest BCUT2D eigenvalue weighted by Gasteiger charge is 2.12. The zero-order chi connectivity index (χ0) is 15.1. The molecule has 0 saturated heterocycles. The van der Waals surface area contributed by atoms with E-state index in [1.807, 2.05) is 12.1 Å². The summed E-state index contributed by atoms with van der Waals surface area (Å²) >= 11 is 0. The SMILES string of the molecule is COc1cc(/C=N/NC2=NCCCN2)cc(OC)c1OC.Cl. The van der Waals surface area contributed by atoms with Crippen LogP contribution in [0.3, 0.4) is 0 Å². The Kier molecular flexibility index (Phi) is 7.31. The van der Waals surface area contributed by atoms with Crippen LogP contribution >= 0.6 is 12.4 Å². The molecule has 1 aliphatic heterocycles. The Morgan fingerprint density at radius 1 is 1.18 bits per heavy atom. The Morgan fingerprint density at radius 3 is 2.36 bits per heavy atom. The van der Waals surface area contributed by atoms with E-state index >= 15 is 0 Å². The molecule has 0 aliphatic carbocycles. The molecule has 0 amide bonds. The van der Waals surface area contributed by atoms with Crippen LogP contribution in [0.25, 0.3) is 0 Å². The molecule has 1 aliphatic rings. The smallest absolute Gasteiger partial charge is 0.212 e. The predicted octanol–water partition coefficient (Wildman–Crippen LogP) is 1.41. The highest BCUT2D eigenvalue weighted by molar-refractivity contribution is 5.86. The second-order valence-corrected chi connectivity index (χ2v) is 4.34. The van der Waals surface area contributed by atoms with E-state index in [4.69, 9.17) is 14.2 Å². The number of rotatable bonds is 5. The molecular formula is C14H21ClN4O3. The molecule has 1 aromatic carbocycles. The van der Waals surface area contributed by atoms with Crippen LogP contribution in [0.2, 0.25) is 0 Å². The molecule has 0 spiro atoms. The predicted molar refractivity (Wildman–Crippen MR) is 89.0 cm³/mol. The quantitative estimate of drug-likeness (QED) is 0.631. The number of hydrazone groups is 1. The Hall–Kier alpha value is -2.15. The van der Waals surface area contributed by atoms with Gasteiger partial charge in [0.15, 0.2) is 11.5 Å². The normalized spacial score (nSPS) is 13.7. The monoisotopic (exact) mass is 328 g/mol. The molecule has 8 heteroatoms. The molecule has 0 saturated carbocycles. The van der Waals surface area contributed by atoms with E-state index in [9.17, 15) is 0 Å².